The smallest absolute Gasteiger partial charge is 0.241 e. The molecule has 34 heavy (non-hydrogen) atoms. The zero-order valence-electron chi connectivity index (χ0n) is 19.1. The van der Waals surface area contributed by atoms with E-state index in [1.165, 1.54) is 0 Å². The molecular weight excluding hydrogens is 436 g/mol. The Bertz CT molecular complexity index is 1110. The lowest BCUT2D eigenvalue weighted by Gasteiger charge is -2.34. The molecule has 0 radical (unpaired) electrons. The minimum absolute atomic E-state index is 0.0236. The minimum atomic E-state index is -0.235. The summed E-state index contributed by atoms with van der Waals surface area (Å²) in [6, 6.07) is 12.5. The summed E-state index contributed by atoms with van der Waals surface area (Å²) in [7, 11) is 0. The van der Waals surface area contributed by atoms with E-state index in [0.29, 0.717) is 48.8 Å². The van der Waals surface area contributed by atoms with Gasteiger partial charge in [-0.3, -0.25) is 19.3 Å². The maximum atomic E-state index is 13.3. The summed E-state index contributed by atoms with van der Waals surface area (Å²) >= 11 is 0. The van der Waals surface area contributed by atoms with Crippen LogP contribution in [-0.4, -0.2) is 55.1 Å². The molecule has 0 aromatic heterocycles. The average Bonchev–Trinajstić information content (AvgIpc) is 3.23. The number of fused-ring (bicyclic) bond motifs is 2. The van der Waals surface area contributed by atoms with Crippen LogP contribution in [0, 0.1) is 5.92 Å². The lowest BCUT2D eigenvalue weighted by atomic mass is 9.95. The molecule has 1 fully saturated rings. The van der Waals surface area contributed by atoms with Crippen LogP contribution in [0.4, 0.5) is 17.1 Å². The number of ether oxygens (including phenoxy) is 2. The predicted molar refractivity (Wildman–Crippen MR) is 127 cm³/mol. The number of nitrogens with zero attached hydrogens (tertiary/aromatic N) is 2. The van der Waals surface area contributed by atoms with E-state index in [-0.39, 0.29) is 49.4 Å². The fourth-order valence-electron chi connectivity index (χ4n) is 4.81. The average molecular weight is 465 g/mol. The van der Waals surface area contributed by atoms with Crippen LogP contribution < -0.4 is 25.0 Å². The van der Waals surface area contributed by atoms with Crippen molar-refractivity contribution in [2.75, 3.05) is 42.0 Å². The van der Waals surface area contributed by atoms with Crippen LogP contribution in [0.3, 0.4) is 0 Å². The second-order valence-electron chi connectivity index (χ2n) is 8.99. The van der Waals surface area contributed by atoms with Crippen molar-refractivity contribution in [2.24, 2.45) is 5.92 Å². The molecule has 2 N–H and O–H groups in total. The van der Waals surface area contributed by atoms with E-state index in [2.05, 4.69) is 15.5 Å². The van der Waals surface area contributed by atoms with Crippen LogP contribution in [0.2, 0.25) is 0 Å². The lowest BCUT2D eigenvalue weighted by molar-refractivity contribution is -0.122. The highest BCUT2D eigenvalue weighted by Crippen LogP contribution is 2.35. The number of hydrogen-bond donors (Lipinski definition) is 2. The standard InChI is InChI=1S/C25H28N4O5/c1-16-12-23(30)27-19-4-2-3-5-20(19)29(16)24(31)14-28-10-8-17(9-11-28)25(32)26-18-6-7-21-22(13-18)34-15-33-21/h2-7,13,16-17H,8-12,14-15H2,1H3,(H,26,32)(H,27,30). The molecule has 3 amide bonds. The van der Waals surface area contributed by atoms with Crippen LogP contribution >= 0.6 is 0 Å². The molecule has 2 aromatic rings. The second-order valence-corrected chi connectivity index (χ2v) is 8.99. The van der Waals surface area contributed by atoms with Crippen LogP contribution in [0.25, 0.3) is 0 Å². The van der Waals surface area contributed by atoms with Crippen LogP contribution in [0.5, 0.6) is 11.5 Å². The molecule has 0 saturated carbocycles. The fourth-order valence-corrected chi connectivity index (χ4v) is 4.81. The largest absolute Gasteiger partial charge is 0.454 e. The summed E-state index contributed by atoms with van der Waals surface area (Å²) in [5, 5.41) is 5.86. The Balaban J connectivity index is 1.17. The van der Waals surface area contributed by atoms with Gasteiger partial charge < -0.3 is 25.0 Å². The molecule has 2 aromatic carbocycles. The number of carbonyl (C=O) groups excluding carboxylic acids is 3. The highest BCUT2D eigenvalue weighted by atomic mass is 16.7. The molecule has 1 saturated heterocycles. The Kier molecular flexibility index (Phi) is 6.10. The van der Waals surface area contributed by atoms with E-state index in [0.717, 1.165) is 5.69 Å². The number of amides is 3. The van der Waals surface area contributed by atoms with Gasteiger partial charge in [-0.2, -0.15) is 0 Å². The molecule has 3 heterocycles. The molecule has 3 aliphatic heterocycles. The van der Waals surface area contributed by atoms with Gasteiger partial charge in [-0.1, -0.05) is 12.1 Å². The van der Waals surface area contributed by atoms with Gasteiger partial charge in [0.2, 0.25) is 24.5 Å². The third-order valence-corrected chi connectivity index (χ3v) is 6.59. The van der Waals surface area contributed by atoms with E-state index in [9.17, 15) is 14.4 Å². The van der Waals surface area contributed by atoms with Crippen molar-refractivity contribution in [1.29, 1.82) is 0 Å². The van der Waals surface area contributed by atoms with Gasteiger partial charge >= 0.3 is 0 Å². The van der Waals surface area contributed by atoms with Crippen LogP contribution in [0.1, 0.15) is 26.2 Å². The van der Waals surface area contributed by atoms with Crippen molar-refractivity contribution in [3.05, 3.63) is 42.5 Å². The van der Waals surface area contributed by atoms with Gasteiger partial charge in [0.05, 0.1) is 17.9 Å². The molecular formula is C25H28N4O5. The molecule has 1 unspecified atom stereocenters. The van der Waals surface area contributed by atoms with E-state index < -0.39 is 0 Å². The van der Waals surface area contributed by atoms with Gasteiger partial charge in [0, 0.05) is 30.1 Å². The molecule has 0 bridgehead atoms. The molecule has 9 heteroatoms. The van der Waals surface area contributed by atoms with Crippen molar-refractivity contribution in [3.63, 3.8) is 0 Å². The highest BCUT2D eigenvalue weighted by molar-refractivity contribution is 6.05. The summed E-state index contributed by atoms with van der Waals surface area (Å²) in [5.74, 6) is 1.04. The van der Waals surface area contributed by atoms with Crippen LogP contribution in [0.15, 0.2) is 42.5 Å². The predicted octanol–water partition coefficient (Wildman–Crippen LogP) is 2.83. The number of benzene rings is 2. The van der Waals surface area contributed by atoms with E-state index in [1.807, 2.05) is 31.2 Å². The number of rotatable bonds is 4. The monoisotopic (exact) mass is 464 g/mol. The quantitative estimate of drug-likeness (QED) is 0.722. The number of piperidine rings is 1. The summed E-state index contributed by atoms with van der Waals surface area (Å²) in [6.45, 7) is 3.66. The number of likely N-dealkylation sites (tertiary alicyclic amines) is 1. The summed E-state index contributed by atoms with van der Waals surface area (Å²) in [5.41, 5.74) is 2.07. The van der Waals surface area contributed by atoms with Crippen molar-refractivity contribution in [3.8, 4) is 11.5 Å². The molecule has 5 rings (SSSR count). The maximum Gasteiger partial charge on any atom is 0.241 e. The molecule has 9 nitrogen and oxygen atoms in total. The number of hydrogen-bond acceptors (Lipinski definition) is 6. The van der Waals surface area contributed by atoms with Gasteiger partial charge in [0.1, 0.15) is 0 Å². The van der Waals surface area contributed by atoms with Crippen molar-refractivity contribution >= 4 is 34.8 Å². The third-order valence-electron chi connectivity index (χ3n) is 6.59. The molecule has 3 aliphatic rings. The SMILES string of the molecule is CC1CC(=O)Nc2ccccc2N1C(=O)CN1CCC(C(=O)Nc2ccc3c(c2)OCO3)CC1. The van der Waals surface area contributed by atoms with E-state index in [4.69, 9.17) is 9.47 Å². The highest BCUT2D eigenvalue weighted by Gasteiger charge is 2.32. The summed E-state index contributed by atoms with van der Waals surface area (Å²) < 4.78 is 10.7. The topological polar surface area (TPSA) is 100 Å². The lowest BCUT2D eigenvalue weighted by Crippen LogP contribution is -2.47. The first-order valence-corrected chi connectivity index (χ1v) is 11.6. The zero-order chi connectivity index (χ0) is 23.7. The number of para-hydroxylation sites is 2. The van der Waals surface area contributed by atoms with Gasteiger partial charge in [0.25, 0.3) is 0 Å². The second kappa shape index (κ2) is 9.34. The first-order valence-electron chi connectivity index (χ1n) is 11.6. The first-order chi connectivity index (χ1) is 16.5. The number of anilines is 3. The van der Waals surface area contributed by atoms with Gasteiger partial charge in [0.15, 0.2) is 11.5 Å². The summed E-state index contributed by atoms with van der Waals surface area (Å²) in [6.07, 6.45) is 1.61. The Labute approximate surface area is 198 Å². The van der Waals surface area contributed by atoms with E-state index in [1.54, 1.807) is 23.1 Å². The molecule has 1 atom stereocenters. The minimum Gasteiger partial charge on any atom is -0.454 e. The fraction of sp³-hybridized carbons (Fsp3) is 0.400. The van der Waals surface area contributed by atoms with Gasteiger partial charge in [-0.05, 0) is 57.1 Å². The van der Waals surface area contributed by atoms with Gasteiger partial charge in [-0.15, -0.1) is 0 Å². The Morgan fingerprint density at radius 3 is 2.68 bits per heavy atom. The van der Waals surface area contributed by atoms with Crippen molar-refractivity contribution < 1.29 is 23.9 Å². The molecule has 0 spiro atoms. The zero-order valence-corrected chi connectivity index (χ0v) is 19.1. The normalized spacial score (nSPS) is 20.3. The van der Waals surface area contributed by atoms with Gasteiger partial charge in [-0.25, -0.2) is 0 Å². The maximum absolute atomic E-state index is 13.3. The van der Waals surface area contributed by atoms with Crippen LogP contribution in [-0.2, 0) is 14.4 Å². The Hall–Kier alpha value is -3.59. The number of carbonyl (C=O) groups is 3. The molecule has 178 valence electrons. The first kappa shape index (κ1) is 22.2. The molecule has 0 aliphatic carbocycles. The Morgan fingerprint density at radius 1 is 1.09 bits per heavy atom. The Morgan fingerprint density at radius 2 is 1.85 bits per heavy atom. The van der Waals surface area contributed by atoms with E-state index >= 15 is 0 Å². The summed E-state index contributed by atoms with van der Waals surface area (Å²) in [4.78, 5) is 42.1. The van der Waals surface area contributed by atoms with Crippen molar-refractivity contribution in [2.45, 2.75) is 32.2 Å². The third kappa shape index (κ3) is 4.56. The van der Waals surface area contributed by atoms with Crippen molar-refractivity contribution in [1.82, 2.24) is 4.90 Å². The number of nitrogens with one attached hydrogen (secondary N) is 2.